The number of ether oxygens (including phenoxy) is 1. The molecule has 1 spiro atoms. The molecule has 28 heavy (non-hydrogen) atoms. The van der Waals surface area contributed by atoms with Gasteiger partial charge in [-0.25, -0.2) is 4.79 Å². The second-order valence-corrected chi connectivity index (χ2v) is 8.68. The predicted molar refractivity (Wildman–Crippen MR) is 108 cm³/mol. The van der Waals surface area contributed by atoms with E-state index >= 15 is 0 Å². The van der Waals surface area contributed by atoms with Gasteiger partial charge in [-0.3, -0.25) is 0 Å². The van der Waals surface area contributed by atoms with E-state index in [9.17, 15) is 9.90 Å². The Kier molecular flexibility index (Phi) is 4.39. The lowest BCUT2D eigenvalue weighted by molar-refractivity contribution is 0.0810. The molecule has 1 N–H and O–H groups in total. The van der Waals surface area contributed by atoms with Crippen molar-refractivity contribution in [1.29, 1.82) is 0 Å². The van der Waals surface area contributed by atoms with Crippen LogP contribution in [0.5, 0.6) is 0 Å². The van der Waals surface area contributed by atoms with Crippen molar-refractivity contribution < 1.29 is 14.6 Å². The molecule has 4 nitrogen and oxygen atoms in total. The molecular formula is C24H27NO3. The first kappa shape index (κ1) is 17.7. The first-order chi connectivity index (χ1) is 13.7. The van der Waals surface area contributed by atoms with Gasteiger partial charge in [-0.05, 0) is 46.9 Å². The van der Waals surface area contributed by atoms with Gasteiger partial charge in [-0.15, -0.1) is 0 Å². The van der Waals surface area contributed by atoms with Crippen LogP contribution in [0.2, 0.25) is 0 Å². The Morgan fingerprint density at radius 1 is 1.04 bits per heavy atom. The summed E-state index contributed by atoms with van der Waals surface area (Å²) in [6.45, 7) is 1.09. The van der Waals surface area contributed by atoms with Crippen LogP contribution in [0.15, 0.2) is 48.5 Å². The number of carbonyl (C=O) groups is 1. The second-order valence-electron chi connectivity index (χ2n) is 8.68. The molecule has 1 saturated heterocycles. The molecule has 3 aliphatic rings. The monoisotopic (exact) mass is 377 g/mol. The molecule has 1 aliphatic heterocycles. The minimum atomic E-state index is -0.273. The molecule has 2 aliphatic carbocycles. The van der Waals surface area contributed by atoms with Gasteiger partial charge in [0.1, 0.15) is 6.61 Å². The van der Waals surface area contributed by atoms with Gasteiger partial charge in [0, 0.05) is 12.5 Å². The van der Waals surface area contributed by atoms with Gasteiger partial charge in [-0.2, -0.15) is 0 Å². The zero-order chi connectivity index (χ0) is 19.1. The normalized spacial score (nSPS) is 22.5. The minimum Gasteiger partial charge on any atom is -0.448 e. The maximum atomic E-state index is 12.9. The number of fused-ring (bicyclic) bond motifs is 3. The summed E-state index contributed by atoms with van der Waals surface area (Å²) in [4.78, 5) is 14.7. The summed E-state index contributed by atoms with van der Waals surface area (Å²) < 4.78 is 5.83. The zero-order valence-electron chi connectivity index (χ0n) is 16.1. The molecule has 4 heteroatoms. The van der Waals surface area contributed by atoms with Crippen LogP contribution < -0.4 is 0 Å². The van der Waals surface area contributed by atoms with E-state index in [1.165, 1.54) is 35.1 Å². The average molecular weight is 377 g/mol. The van der Waals surface area contributed by atoms with Gasteiger partial charge in [0.15, 0.2) is 0 Å². The Balaban J connectivity index is 1.33. The van der Waals surface area contributed by atoms with Crippen molar-refractivity contribution in [3.8, 4) is 11.1 Å². The Bertz CT molecular complexity index is 841. The lowest BCUT2D eigenvalue weighted by atomic mass is 9.84. The number of rotatable bonds is 3. The molecule has 5 rings (SSSR count). The van der Waals surface area contributed by atoms with Gasteiger partial charge < -0.3 is 14.7 Å². The molecule has 146 valence electrons. The van der Waals surface area contributed by atoms with Gasteiger partial charge in [0.2, 0.25) is 0 Å². The van der Waals surface area contributed by atoms with Crippen LogP contribution in [0.1, 0.15) is 49.1 Å². The number of likely N-dealkylation sites (tertiary alicyclic amines) is 1. The van der Waals surface area contributed by atoms with Crippen LogP contribution in [0.25, 0.3) is 11.1 Å². The molecule has 0 aromatic heterocycles. The van der Waals surface area contributed by atoms with Crippen LogP contribution in [0.3, 0.4) is 0 Å². The van der Waals surface area contributed by atoms with Crippen molar-refractivity contribution in [3.05, 3.63) is 59.7 Å². The molecule has 0 bridgehead atoms. The van der Waals surface area contributed by atoms with E-state index in [2.05, 4.69) is 36.4 Å². The van der Waals surface area contributed by atoms with E-state index in [0.717, 1.165) is 25.8 Å². The highest BCUT2D eigenvalue weighted by molar-refractivity contribution is 5.79. The van der Waals surface area contributed by atoms with Crippen LogP contribution in [0.4, 0.5) is 4.79 Å². The van der Waals surface area contributed by atoms with Gasteiger partial charge in [-0.1, -0.05) is 61.4 Å². The van der Waals surface area contributed by atoms with Crippen LogP contribution in [0, 0.1) is 5.41 Å². The number of aliphatic hydroxyl groups excluding tert-OH is 1. The molecule has 0 radical (unpaired) electrons. The third-order valence-corrected chi connectivity index (χ3v) is 7.06. The summed E-state index contributed by atoms with van der Waals surface area (Å²) in [6, 6.07) is 16.7. The number of carbonyl (C=O) groups excluding carboxylic acids is 1. The number of benzene rings is 2. The number of nitrogens with zero attached hydrogens (tertiary/aromatic N) is 1. The number of aliphatic hydroxyl groups is 1. The number of hydrogen-bond acceptors (Lipinski definition) is 3. The molecule has 2 aromatic carbocycles. The average Bonchev–Trinajstić information content (AvgIpc) is 3.43. The molecule has 2 aromatic rings. The maximum Gasteiger partial charge on any atom is 0.410 e. The summed E-state index contributed by atoms with van der Waals surface area (Å²) in [5.41, 5.74) is 5.13. The van der Waals surface area contributed by atoms with Gasteiger partial charge in [0.05, 0.1) is 12.6 Å². The third-order valence-electron chi connectivity index (χ3n) is 7.06. The summed E-state index contributed by atoms with van der Waals surface area (Å²) in [6.07, 6.45) is 5.43. The van der Waals surface area contributed by atoms with Crippen molar-refractivity contribution in [1.82, 2.24) is 4.90 Å². The fraction of sp³-hybridized carbons (Fsp3) is 0.458. The molecule has 1 atom stereocenters. The fourth-order valence-corrected chi connectivity index (χ4v) is 5.71. The quantitative estimate of drug-likeness (QED) is 0.853. The first-order valence-corrected chi connectivity index (χ1v) is 10.4. The lowest BCUT2D eigenvalue weighted by Gasteiger charge is -2.25. The largest absolute Gasteiger partial charge is 0.448 e. The molecule has 1 unspecified atom stereocenters. The molecule has 1 amide bonds. The number of amides is 1. The van der Waals surface area contributed by atoms with Gasteiger partial charge in [0.25, 0.3) is 0 Å². The van der Waals surface area contributed by atoms with E-state index < -0.39 is 0 Å². The third kappa shape index (κ3) is 2.82. The first-order valence-electron chi connectivity index (χ1n) is 10.4. The van der Waals surface area contributed by atoms with Crippen LogP contribution in [-0.4, -0.2) is 41.9 Å². The van der Waals surface area contributed by atoms with Crippen molar-refractivity contribution in [2.24, 2.45) is 5.41 Å². The van der Waals surface area contributed by atoms with Crippen molar-refractivity contribution >= 4 is 6.09 Å². The molecular weight excluding hydrogens is 350 g/mol. The molecule has 2 fully saturated rings. The van der Waals surface area contributed by atoms with Gasteiger partial charge >= 0.3 is 6.09 Å². The SMILES string of the molecule is O=C(OCC1c2ccccc2-c2ccccc21)N1CC2(CCCC2)CC1CO. The zero-order valence-corrected chi connectivity index (χ0v) is 16.1. The van der Waals surface area contributed by atoms with E-state index in [1.54, 1.807) is 4.90 Å². The van der Waals surface area contributed by atoms with E-state index in [4.69, 9.17) is 4.74 Å². The van der Waals surface area contributed by atoms with Crippen LogP contribution >= 0.6 is 0 Å². The lowest BCUT2D eigenvalue weighted by Crippen LogP contribution is -2.39. The summed E-state index contributed by atoms with van der Waals surface area (Å²) >= 11 is 0. The van der Waals surface area contributed by atoms with Crippen LogP contribution in [-0.2, 0) is 4.74 Å². The maximum absolute atomic E-state index is 12.9. The number of hydrogen-bond donors (Lipinski definition) is 1. The smallest absolute Gasteiger partial charge is 0.410 e. The molecule has 1 heterocycles. The van der Waals surface area contributed by atoms with E-state index in [-0.39, 0.29) is 30.1 Å². The van der Waals surface area contributed by atoms with Crippen molar-refractivity contribution in [3.63, 3.8) is 0 Å². The van der Waals surface area contributed by atoms with Crippen molar-refractivity contribution in [2.75, 3.05) is 19.8 Å². The summed E-state index contributed by atoms with van der Waals surface area (Å²) in [5.74, 6) is 0.0759. The Morgan fingerprint density at radius 3 is 2.25 bits per heavy atom. The standard InChI is InChI=1S/C24H27NO3/c26-14-17-13-24(11-5-6-12-24)16-25(17)23(27)28-15-22-20-9-3-1-7-18(20)19-8-2-4-10-21(19)22/h1-4,7-10,17,22,26H,5-6,11-16H2. The predicted octanol–water partition coefficient (Wildman–Crippen LogP) is 4.56. The fourth-order valence-electron chi connectivity index (χ4n) is 5.71. The highest BCUT2D eigenvalue weighted by Gasteiger charge is 2.47. The topological polar surface area (TPSA) is 49.8 Å². The van der Waals surface area contributed by atoms with E-state index in [0.29, 0.717) is 6.61 Å². The Morgan fingerprint density at radius 2 is 1.64 bits per heavy atom. The highest BCUT2D eigenvalue weighted by atomic mass is 16.6. The molecule has 1 saturated carbocycles. The Labute approximate surface area is 166 Å². The Hall–Kier alpha value is -2.33. The summed E-state index contributed by atoms with van der Waals surface area (Å²) in [5, 5.41) is 9.82. The van der Waals surface area contributed by atoms with E-state index in [1.807, 2.05) is 12.1 Å². The minimum absolute atomic E-state index is 0.0198. The summed E-state index contributed by atoms with van der Waals surface area (Å²) in [7, 11) is 0. The van der Waals surface area contributed by atoms with Crippen molar-refractivity contribution in [2.45, 2.75) is 44.1 Å². The highest BCUT2D eigenvalue weighted by Crippen LogP contribution is 2.48. The second kappa shape index (κ2) is 6.93.